The molecule has 0 bridgehead atoms. The molecule has 0 atom stereocenters. The standard InChI is InChI=1S/C7H16N2OS/c1-2-8-6-7(10)9-4-3-5-11/h8,11H,2-6H2,1H3,(H,9,10). The van der Waals surface area contributed by atoms with Gasteiger partial charge in [0.1, 0.15) is 0 Å². The van der Waals surface area contributed by atoms with Crippen LogP contribution in [0.5, 0.6) is 0 Å². The summed E-state index contributed by atoms with van der Waals surface area (Å²) < 4.78 is 0. The number of hydrogen-bond donors (Lipinski definition) is 3. The summed E-state index contributed by atoms with van der Waals surface area (Å²) in [6.07, 6.45) is 0.932. The lowest BCUT2D eigenvalue weighted by Crippen LogP contribution is -2.34. The van der Waals surface area contributed by atoms with Gasteiger partial charge in [0, 0.05) is 6.54 Å². The molecule has 0 fully saturated rings. The minimum Gasteiger partial charge on any atom is -0.355 e. The maximum absolute atomic E-state index is 10.9. The van der Waals surface area contributed by atoms with Gasteiger partial charge in [-0.3, -0.25) is 4.79 Å². The van der Waals surface area contributed by atoms with Crippen LogP contribution in [0, 0.1) is 0 Å². The van der Waals surface area contributed by atoms with Crippen LogP contribution in [0.3, 0.4) is 0 Å². The van der Waals surface area contributed by atoms with E-state index in [1.165, 1.54) is 0 Å². The van der Waals surface area contributed by atoms with Gasteiger partial charge in [0.2, 0.25) is 5.91 Å². The molecular formula is C7H16N2OS. The highest BCUT2D eigenvalue weighted by Crippen LogP contribution is 1.79. The molecule has 0 aliphatic heterocycles. The van der Waals surface area contributed by atoms with Crippen LogP contribution in [0.15, 0.2) is 0 Å². The number of likely N-dealkylation sites (N-methyl/N-ethyl adjacent to an activating group) is 1. The van der Waals surface area contributed by atoms with Crippen molar-refractivity contribution in [2.45, 2.75) is 13.3 Å². The van der Waals surface area contributed by atoms with Gasteiger partial charge in [0.25, 0.3) is 0 Å². The van der Waals surface area contributed by atoms with Gasteiger partial charge in [-0.1, -0.05) is 6.92 Å². The monoisotopic (exact) mass is 176 g/mol. The van der Waals surface area contributed by atoms with Crippen molar-refractivity contribution < 1.29 is 4.79 Å². The second kappa shape index (κ2) is 7.88. The van der Waals surface area contributed by atoms with Crippen LogP contribution in [-0.2, 0) is 4.79 Å². The number of hydrogen-bond acceptors (Lipinski definition) is 3. The molecule has 0 aromatic rings. The predicted octanol–water partition coefficient (Wildman–Crippen LogP) is 0.0320. The summed E-state index contributed by atoms with van der Waals surface area (Å²) in [5.74, 6) is 0.884. The van der Waals surface area contributed by atoms with Crippen molar-refractivity contribution in [3.8, 4) is 0 Å². The molecule has 0 aliphatic rings. The number of nitrogens with one attached hydrogen (secondary N) is 2. The Morgan fingerprint density at radius 3 is 2.82 bits per heavy atom. The SMILES string of the molecule is CCNCC(=O)NCCCS. The lowest BCUT2D eigenvalue weighted by molar-refractivity contribution is -0.120. The summed E-state index contributed by atoms with van der Waals surface area (Å²) >= 11 is 4.03. The van der Waals surface area contributed by atoms with Crippen molar-refractivity contribution in [1.29, 1.82) is 0 Å². The zero-order valence-electron chi connectivity index (χ0n) is 6.89. The molecule has 2 N–H and O–H groups in total. The number of carbonyl (C=O) groups is 1. The van der Waals surface area contributed by atoms with Gasteiger partial charge >= 0.3 is 0 Å². The maximum Gasteiger partial charge on any atom is 0.233 e. The van der Waals surface area contributed by atoms with Crippen LogP contribution in [0.1, 0.15) is 13.3 Å². The molecule has 0 heterocycles. The van der Waals surface area contributed by atoms with E-state index in [-0.39, 0.29) is 5.91 Å². The summed E-state index contributed by atoms with van der Waals surface area (Å²) in [6, 6.07) is 0. The minimum atomic E-state index is 0.0635. The predicted molar refractivity (Wildman–Crippen MR) is 50.0 cm³/mol. The molecule has 0 radical (unpaired) electrons. The zero-order chi connectivity index (χ0) is 8.53. The average molecular weight is 176 g/mol. The summed E-state index contributed by atoms with van der Waals surface area (Å²) in [6.45, 7) is 3.96. The van der Waals surface area contributed by atoms with Crippen molar-refractivity contribution in [2.24, 2.45) is 0 Å². The fourth-order valence-corrected chi connectivity index (χ4v) is 0.766. The van der Waals surface area contributed by atoms with E-state index in [0.717, 1.165) is 25.3 Å². The van der Waals surface area contributed by atoms with E-state index < -0.39 is 0 Å². The van der Waals surface area contributed by atoms with Crippen LogP contribution in [0.2, 0.25) is 0 Å². The van der Waals surface area contributed by atoms with Crippen molar-refractivity contribution >= 4 is 18.5 Å². The number of amides is 1. The number of thiol groups is 1. The Bertz CT molecular complexity index is 109. The van der Waals surface area contributed by atoms with E-state index in [1.54, 1.807) is 0 Å². The Labute approximate surface area is 73.3 Å². The quantitative estimate of drug-likeness (QED) is 0.395. The molecule has 66 valence electrons. The third kappa shape index (κ3) is 7.68. The number of carbonyl (C=O) groups excluding carboxylic acids is 1. The van der Waals surface area contributed by atoms with Gasteiger partial charge < -0.3 is 10.6 Å². The first kappa shape index (κ1) is 10.8. The van der Waals surface area contributed by atoms with E-state index in [0.29, 0.717) is 6.54 Å². The van der Waals surface area contributed by atoms with E-state index in [4.69, 9.17) is 0 Å². The van der Waals surface area contributed by atoms with Crippen LogP contribution in [0.4, 0.5) is 0 Å². The third-order valence-electron chi connectivity index (χ3n) is 1.19. The van der Waals surface area contributed by atoms with Crippen LogP contribution >= 0.6 is 12.6 Å². The van der Waals surface area contributed by atoms with Crippen LogP contribution in [-0.4, -0.2) is 31.3 Å². The molecule has 0 aliphatic carbocycles. The highest BCUT2D eigenvalue weighted by Gasteiger charge is 1.96. The van der Waals surface area contributed by atoms with Gasteiger partial charge in [-0.2, -0.15) is 12.6 Å². The fourth-order valence-electron chi connectivity index (χ4n) is 0.608. The average Bonchev–Trinajstić information content (AvgIpc) is 2.01. The molecule has 1 amide bonds. The Kier molecular flexibility index (Phi) is 7.72. The highest BCUT2D eigenvalue weighted by molar-refractivity contribution is 7.80. The molecule has 0 aromatic heterocycles. The fraction of sp³-hybridized carbons (Fsp3) is 0.857. The maximum atomic E-state index is 10.9. The lowest BCUT2D eigenvalue weighted by atomic mass is 10.4. The van der Waals surface area contributed by atoms with E-state index in [2.05, 4.69) is 23.3 Å². The Hall–Kier alpha value is -0.220. The molecule has 4 heteroatoms. The van der Waals surface area contributed by atoms with Crippen molar-refractivity contribution in [3.05, 3.63) is 0 Å². The normalized spacial score (nSPS) is 9.64. The first-order valence-corrected chi connectivity index (χ1v) is 4.52. The first-order chi connectivity index (χ1) is 5.31. The molecule has 0 spiro atoms. The largest absolute Gasteiger partial charge is 0.355 e. The number of rotatable bonds is 6. The van der Waals surface area contributed by atoms with Crippen molar-refractivity contribution in [3.63, 3.8) is 0 Å². The first-order valence-electron chi connectivity index (χ1n) is 3.89. The van der Waals surface area contributed by atoms with Gasteiger partial charge in [-0.15, -0.1) is 0 Å². The zero-order valence-corrected chi connectivity index (χ0v) is 7.79. The van der Waals surface area contributed by atoms with Gasteiger partial charge in [0.15, 0.2) is 0 Å². The topological polar surface area (TPSA) is 41.1 Å². The molecule has 0 saturated carbocycles. The third-order valence-corrected chi connectivity index (χ3v) is 1.51. The molecule has 0 aromatic carbocycles. The Morgan fingerprint density at radius 1 is 1.55 bits per heavy atom. The van der Waals surface area contributed by atoms with Crippen LogP contribution < -0.4 is 10.6 Å². The van der Waals surface area contributed by atoms with E-state index >= 15 is 0 Å². The molecule has 3 nitrogen and oxygen atoms in total. The van der Waals surface area contributed by atoms with Crippen LogP contribution in [0.25, 0.3) is 0 Å². The molecule has 0 saturated heterocycles. The Morgan fingerprint density at radius 2 is 2.27 bits per heavy atom. The summed E-state index contributed by atoms with van der Waals surface area (Å²) in [5, 5.41) is 5.71. The second-order valence-corrected chi connectivity index (χ2v) is 2.65. The molecular weight excluding hydrogens is 160 g/mol. The van der Waals surface area contributed by atoms with Gasteiger partial charge in [0.05, 0.1) is 6.54 Å². The van der Waals surface area contributed by atoms with E-state index in [9.17, 15) is 4.79 Å². The smallest absolute Gasteiger partial charge is 0.233 e. The van der Waals surface area contributed by atoms with Crippen molar-refractivity contribution in [1.82, 2.24) is 10.6 Å². The van der Waals surface area contributed by atoms with Crippen molar-refractivity contribution in [2.75, 3.05) is 25.4 Å². The summed E-state index contributed by atoms with van der Waals surface area (Å²) in [5.41, 5.74) is 0. The van der Waals surface area contributed by atoms with Gasteiger partial charge in [-0.25, -0.2) is 0 Å². The summed E-state index contributed by atoms with van der Waals surface area (Å²) in [4.78, 5) is 10.9. The lowest BCUT2D eigenvalue weighted by Gasteiger charge is -2.03. The van der Waals surface area contributed by atoms with E-state index in [1.807, 2.05) is 6.92 Å². The molecule has 11 heavy (non-hydrogen) atoms. The molecule has 0 rings (SSSR count). The molecule has 0 unspecified atom stereocenters. The Balaban J connectivity index is 3.09. The summed E-state index contributed by atoms with van der Waals surface area (Å²) in [7, 11) is 0. The van der Waals surface area contributed by atoms with Gasteiger partial charge in [-0.05, 0) is 18.7 Å². The highest BCUT2D eigenvalue weighted by atomic mass is 32.1. The minimum absolute atomic E-state index is 0.0635. The second-order valence-electron chi connectivity index (χ2n) is 2.21.